The number of likely N-dealkylation sites (tertiary alicyclic amines) is 1. The smallest absolute Gasteiger partial charge is 0.326 e. The lowest BCUT2D eigenvalue weighted by molar-refractivity contribution is 0.341. The molecular formula is C13H17N3O2. The van der Waals surface area contributed by atoms with Gasteiger partial charge in [-0.25, -0.2) is 4.79 Å². The van der Waals surface area contributed by atoms with Crippen molar-refractivity contribution in [3.05, 3.63) is 28.7 Å². The minimum Gasteiger partial charge on any atom is -0.506 e. The number of fused-ring (bicyclic) bond motifs is 1. The number of imidazole rings is 1. The molecule has 5 nitrogen and oxygen atoms in total. The third-order valence-electron chi connectivity index (χ3n) is 3.78. The Kier molecular flexibility index (Phi) is 2.63. The van der Waals surface area contributed by atoms with Gasteiger partial charge >= 0.3 is 5.69 Å². The van der Waals surface area contributed by atoms with Gasteiger partial charge in [0.2, 0.25) is 0 Å². The molecule has 0 bridgehead atoms. The van der Waals surface area contributed by atoms with Crippen molar-refractivity contribution in [3.8, 4) is 5.75 Å². The van der Waals surface area contributed by atoms with Gasteiger partial charge < -0.3 is 15.0 Å². The molecule has 3 rings (SSSR count). The molecule has 1 aromatic heterocycles. The maximum absolute atomic E-state index is 12.1. The van der Waals surface area contributed by atoms with E-state index in [-0.39, 0.29) is 17.5 Å². The Morgan fingerprint density at radius 3 is 3.06 bits per heavy atom. The van der Waals surface area contributed by atoms with Crippen LogP contribution in [-0.2, 0) is 0 Å². The van der Waals surface area contributed by atoms with Crippen LogP contribution >= 0.6 is 0 Å². The fourth-order valence-corrected chi connectivity index (χ4v) is 2.82. The second kappa shape index (κ2) is 4.17. The van der Waals surface area contributed by atoms with Crippen LogP contribution in [0.2, 0.25) is 0 Å². The van der Waals surface area contributed by atoms with Crippen molar-refractivity contribution in [3.63, 3.8) is 0 Å². The zero-order valence-corrected chi connectivity index (χ0v) is 10.4. The molecule has 0 aliphatic carbocycles. The van der Waals surface area contributed by atoms with Crippen molar-refractivity contribution >= 4 is 11.0 Å². The van der Waals surface area contributed by atoms with Gasteiger partial charge in [-0.15, -0.1) is 0 Å². The summed E-state index contributed by atoms with van der Waals surface area (Å²) in [5.74, 6) is 0.167. The molecular weight excluding hydrogens is 230 g/mol. The van der Waals surface area contributed by atoms with Crippen LogP contribution in [0.3, 0.4) is 0 Å². The van der Waals surface area contributed by atoms with Crippen molar-refractivity contribution < 1.29 is 5.11 Å². The van der Waals surface area contributed by atoms with Crippen LogP contribution in [0.1, 0.15) is 19.4 Å². The number of nitrogens with one attached hydrogen (secondary N) is 1. The molecule has 5 heteroatoms. The van der Waals surface area contributed by atoms with Crippen LogP contribution in [0.5, 0.6) is 5.75 Å². The molecule has 2 N–H and O–H groups in total. The second-order valence-electron chi connectivity index (χ2n) is 4.81. The number of hydrogen-bond donors (Lipinski definition) is 2. The van der Waals surface area contributed by atoms with Crippen molar-refractivity contribution in [1.29, 1.82) is 0 Å². The number of H-pyrrole nitrogens is 1. The standard InChI is InChI=1S/C13H17N3O2/c1-2-15-7-6-9(8-15)16-12-10(14-13(16)18)4-3-5-11(12)17/h3-5,9,17H,2,6-8H2,1H3,(H,14,18). The number of aromatic amines is 1. The van der Waals surface area contributed by atoms with E-state index in [2.05, 4.69) is 16.8 Å². The minimum atomic E-state index is -0.130. The zero-order chi connectivity index (χ0) is 12.7. The monoisotopic (exact) mass is 247 g/mol. The number of phenolic OH excluding ortho intramolecular Hbond substituents is 1. The molecule has 0 radical (unpaired) electrons. The number of para-hydroxylation sites is 1. The highest BCUT2D eigenvalue weighted by Crippen LogP contribution is 2.28. The topological polar surface area (TPSA) is 61.3 Å². The number of hydrogen-bond acceptors (Lipinski definition) is 3. The van der Waals surface area contributed by atoms with E-state index in [1.165, 1.54) is 0 Å². The van der Waals surface area contributed by atoms with Crippen LogP contribution in [-0.4, -0.2) is 39.2 Å². The van der Waals surface area contributed by atoms with Crippen LogP contribution in [0, 0.1) is 0 Å². The van der Waals surface area contributed by atoms with Gasteiger partial charge in [-0.1, -0.05) is 13.0 Å². The van der Waals surface area contributed by atoms with E-state index in [1.54, 1.807) is 16.7 Å². The van der Waals surface area contributed by atoms with Gasteiger partial charge in [0.25, 0.3) is 0 Å². The van der Waals surface area contributed by atoms with Crippen molar-refractivity contribution in [2.24, 2.45) is 0 Å². The lowest BCUT2D eigenvalue weighted by Gasteiger charge is -2.14. The van der Waals surface area contributed by atoms with E-state index in [4.69, 9.17) is 0 Å². The van der Waals surface area contributed by atoms with E-state index in [1.807, 2.05) is 6.07 Å². The molecule has 96 valence electrons. The van der Waals surface area contributed by atoms with Crippen molar-refractivity contribution in [2.45, 2.75) is 19.4 Å². The molecule has 0 saturated carbocycles. The Morgan fingerprint density at radius 1 is 1.50 bits per heavy atom. The molecule has 1 fully saturated rings. The molecule has 2 heterocycles. The van der Waals surface area contributed by atoms with Crippen LogP contribution in [0.25, 0.3) is 11.0 Å². The molecule has 1 unspecified atom stereocenters. The highest BCUT2D eigenvalue weighted by molar-refractivity contribution is 5.81. The summed E-state index contributed by atoms with van der Waals surface area (Å²) in [5, 5.41) is 9.96. The first-order chi connectivity index (χ1) is 8.70. The van der Waals surface area contributed by atoms with Gasteiger partial charge in [-0.2, -0.15) is 0 Å². The van der Waals surface area contributed by atoms with Gasteiger partial charge in [0.05, 0.1) is 11.6 Å². The summed E-state index contributed by atoms with van der Waals surface area (Å²) >= 11 is 0. The number of aromatic hydroxyl groups is 1. The molecule has 1 aliphatic heterocycles. The fourth-order valence-electron chi connectivity index (χ4n) is 2.82. The SMILES string of the molecule is CCN1CCC(n2c(=O)[nH]c3cccc(O)c32)C1. The summed E-state index contributed by atoms with van der Waals surface area (Å²) in [6.45, 7) is 5.00. The molecule has 1 saturated heterocycles. The normalized spacial score (nSPS) is 20.8. The molecule has 1 aliphatic rings. The Balaban J connectivity index is 2.12. The first kappa shape index (κ1) is 11.3. The van der Waals surface area contributed by atoms with E-state index >= 15 is 0 Å². The molecule has 0 amide bonds. The van der Waals surface area contributed by atoms with Gasteiger partial charge in [0.1, 0.15) is 11.3 Å². The summed E-state index contributed by atoms with van der Waals surface area (Å²) in [5.41, 5.74) is 1.20. The van der Waals surface area contributed by atoms with Gasteiger partial charge in [-0.05, 0) is 25.1 Å². The average Bonchev–Trinajstić information content (AvgIpc) is 2.92. The lowest BCUT2D eigenvalue weighted by Crippen LogP contribution is -2.26. The Hall–Kier alpha value is -1.75. The van der Waals surface area contributed by atoms with Crippen molar-refractivity contribution in [2.75, 3.05) is 19.6 Å². The number of rotatable bonds is 2. The van der Waals surface area contributed by atoms with E-state index < -0.39 is 0 Å². The van der Waals surface area contributed by atoms with E-state index in [0.717, 1.165) is 26.1 Å². The maximum Gasteiger partial charge on any atom is 0.326 e. The Morgan fingerprint density at radius 2 is 2.33 bits per heavy atom. The Labute approximate surface area is 105 Å². The second-order valence-corrected chi connectivity index (χ2v) is 4.81. The molecule has 2 aromatic rings. The summed E-state index contributed by atoms with van der Waals surface area (Å²) in [6, 6.07) is 5.34. The first-order valence-corrected chi connectivity index (χ1v) is 6.35. The number of aromatic nitrogens is 2. The first-order valence-electron chi connectivity index (χ1n) is 6.35. The number of phenols is 1. The summed E-state index contributed by atoms with van der Waals surface area (Å²) in [7, 11) is 0. The predicted molar refractivity (Wildman–Crippen MR) is 70.0 cm³/mol. The third-order valence-corrected chi connectivity index (χ3v) is 3.78. The predicted octanol–water partition coefficient (Wildman–Crippen LogP) is 1.30. The lowest BCUT2D eigenvalue weighted by atomic mass is 10.2. The van der Waals surface area contributed by atoms with Crippen molar-refractivity contribution in [1.82, 2.24) is 14.5 Å². The average molecular weight is 247 g/mol. The number of nitrogens with zero attached hydrogens (tertiary/aromatic N) is 2. The van der Waals surface area contributed by atoms with E-state index in [9.17, 15) is 9.90 Å². The zero-order valence-electron chi connectivity index (χ0n) is 10.4. The number of likely N-dealkylation sites (N-methyl/N-ethyl adjacent to an activating group) is 1. The summed E-state index contributed by atoms with van der Waals surface area (Å²) < 4.78 is 1.71. The van der Waals surface area contributed by atoms with Gasteiger partial charge in [0.15, 0.2) is 0 Å². The largest absolute Gasteiger partial charge is 0.506 e. The molecule has 1 atom stereocenters. The van der Waals surface area contributed by atoms with E-state index in [0.29, 0.717) is 11.0 Å². The summed E-state index contributed by atoms with van der Waals surface area (Å²) in [4.78, 5) is 17.2. The Bertz CT molecular complexity index is 629. The van der Waals surface area contributed by atoms with Crippen LogP contribution in [0.15, 0.2) is 23.0 Å². The molecule has 1 aromatic carbocycles. The highest BCUT2D eigenvalue weighted by atomic mass is 16.3. The van der Waals surface area contributed by atoms with Gasteiger partial charge in [0, 0.05) is 13.1 Å². The molecule has 18 heavy (non-hydrogen) atoms. The fraction of sp³-hybridized carbons (Fsp3) is 0.462. The van der Waals surface area contributed by atoms with Crippen LogP contribution < -0.4 is 5.69 Å². The van der Waals surface area contributed by atoms with Crippen LogP contribution in [0.4, 0.5) is 0 Å². The minimum absolute atomic E-state index is 0.130. The third kappa shape index (κ3) is 1.62. The quantitative estimate of drug-likeness (QED) is 0.841. The highest BCUT2D eigenvalue weighted by Gasteiger charge is 2.26. The number of benzene rings is 1. The van der Waals surface area contributed by atoms with Gasteiger partial charge in [-0.3, -0.25) is 4.57 Å². The summed E-state index contributed by atoms with van der Waals surface area (Å²) in [6.07, 6.45) is 0.953. The molecule has 0 spiro atoms. The maximum atomic E-state index is 12.1.